The average Bonchev–Trinajstić information content (AvgIpc) is 3.20. The number of carbonyl (C=O) groups excluding carboxylic acids is 1. The summed E-state index contributed by atoms with van der Waals surface area (Å²) < 4.78 is 12.8. The van der Waals surface area contributed by atoms with E-state index in [1.807, 2.05) is 25.3 Å². The topological polar surface area (TPSA) is 73.4 Å². The van der Waals surface area contributed by atoms with Crippen LogP contribution in [-0.4, -0.2) is 47.4 Å². The van der Waals surface area contributed by atoms with Crippen molar-refractivity contribution in [3.8, 4) is 5.82 Å². The number of ether oxygens (including phenoxy) is 1. The van der Waals surface area contributed by atoms with Crippen LogP contribution in [0.25, 0.3) is 16.9 Å². The Balaban J connectivity index is 1.89. The standard InChI is InChI=1S/C16H16N4O3/c1-11-2-3-20(18-11)15-9-14(19-4-6-22-7-5-19)16-13(17-15)8-12(10-21)23-16/h2-3,8-10H,4-7H2,1H3. The van der Waals surface area contributed by atoms with Crippen molar-refractivity contribution in [2.24, 2.45) is 0 Å². The van der Waals surface area contributed by atoms with Gasteiger partial charge in [-0.3, -0.25) is 4.79 Å². The SMILES string of the molecule is Cc1ccn(-c2cc(N3CCOCC3)c3oc(C=O)cc3n2)n1. The van der Waals surface area contributed by atoms with E-state index in [1.54, 1.807) is 10.7 Å². The molecule has 4 heterocycles. The second kappa shape index (κ2) is 5.51. The van der Waals surface area contributed by atoms with Crippen LogP contribution in [0, 0.1) is 6.92 Å². The molecule has 0 amide bonds. The molecule has 23 heavy (non-hydrogen) atoms. The Morgan fingerprint density at radius 1 is 1.26 bits per heavy atom. The molecule has 0 bridgehead atoms. The van der Waals surface area contributed by atoms with Gasteiger partial charge in [0.1, 0.15) is 5.52 Å². The van der Waals surface area contributed by atoms with Crippen molar-refractivity contribution in [3.05, 3.63) is 35.9 Å². The molecule has 0 unspecified atom stereocenters. The van der Waals surface area contributed by atoms with Crippen molar-refractivity contribution >= 4 is 23.1 Å². The Bertz CT molecular complexity index is 861. The number of hydrogen-bond donors (Lipinski definition) is 0. The molecule has 118 valence electrons. The Morgan fingerprint density at radius 3 is 2.78 bits per heavy atom. The number of carbonyl (C=O) groups is 1. The third kappa shape index (κ3) is 2.49. The summed E-state index contributed by atoms with van der Waals surface area (Å²) in [5.41, 5.74) is 3.11. The van der Waals surface area contributed by atoms with E-state index in [4.69, 9.17) is 9.15 Å². The summed E-state index contributed by atoms with van der Waals surface area (Å²) in [6, 6.07) is 5.52. The third-order valence-electron chi connectivity index (χ3n) is 3.89. The van der Waals surface area contributed by atoms with Crippen LogP contribution < -0.4 is 4.90 Å². The molecule has 1 fully saturated rings. The summed E-state index contributed by atoms with van der Waals surface area (Å²) in [6.07, 6.45) is 2.57. The van der Waals surface area contributed by atoms with Crippen LogP contribution in [0.2, 0.25) is 0 Å². The van der Waals surface area contributed by atoms with Gasteiger partial charge >= 0.3 is 0 Å². The van der Waals surface area contributed by atoms with E-state index in [9.17, 15) is 4.79 Å². The second-order valence-corrected chi connectivity index (χ2v) is 5.48. The smallest absolute Gasteiger partial charge is 0.185 e. The van der Waals surface area contributed by atoms with E-state index in [-0.39, 0.29) is 5.76 Å². The summed E-state index contributed by atoms with van der Waals surface area (Å²) in [5, 5.41) is 4.41. The quantitative estimate of drug-likeness (QED) is 0.688. The lowest BCUT2D eigenvalue weighted by molar-refractivity contribution is 0.110. The number of nitrogens with zero attached hydrogens (tertiary/aromatic N) is 4. The van der Waals surface area contributed by atoms with Gasteiger partial charge < -0.3 is 14.1 Å². The van der Waals surface area contributed by atoms with Crippen LogP contribution in [-0.2, 0) is 4.74 Å². The molecular formula is C16H16N4O3. The maximum Gasteiger partial charge on any atom is 0.185 e. The molecule has 0 aromatic carbocycles. The number of pyridine rings is 1. The van der Waals surface area contributed by atoms with Gasteiger partial charge in [-0.15, -0.1) is 0 Å². The van der Waals surface area contributed by atoms with Crippen molar-refractivity contribution in [3.63, 3.8) is 0 Å². The highest BCUT2D eigenvalue weighted by molar-refractivity contribution is 5.91. The summed E-state index contributed by atoms with van der Waals surface area (Å²) in [7, 11) is 0. The summed E-state index contributed by atoms with van der Waals surface area (Å²) in [4.78, 5) is 17.8. The molecule has 0 atom stereocenters. The number of aromatic nitrogens is 3. The fraction of sp³-hybridized carbons (Fsp3) is 0.312. The maximum atomic E-state index is 11.0. The lowest BCUT2D eigenvalue weighted by Gasteiger charge is -2.28. The summed E-state index contributed by atoms with van der Waals surface area (Å²) >= 11 is 0. The minimum absolute atomic E-state index is 0.274. The Kier molecular flexibility index (Phi) is 3.34. The van der Waals surface area contributed by atoms with Crippen molar-refractivity contribution in [2.45, 2.75) is 6.92 Å². The zero-order chi connectivity index (χ0) is 15.8. The molecule has 1 aliphatic rings. The van der Waals surface area contributed by atoms with Crippen molar-refractivity contribution < 1.29 is 13.9 Å². The van der Waals surface area contributed by atoms with E-state index in [0.717, 1.165) is 24.5 Å². The van der Waals surface area contributed by atoms with Crippen molar-refractivity contribution in [1.82, 2.24) is 14.8 Å². The van der Waals surface area contributed by atoms with E-state index in [0.29, 0.717) is 36.4 Å². The Labute approximate surface area is 132 Å². The number of aryl methyl sites for hydroxylation is 1. The number of rotatable bonds is 3. The third-order valence-corrected chi connectivity index (χ3v) is 3.89. The first-order valence-electron chi connectivity index (χ1n) is 7.50. The number of fused-ring (bicyclic) bond motifs is 1. The lowest BCUT2D eigenvalue weighted by Crippen LogP contribution is -2.36. The van der Waals surface area contributed by atoms with Crippen LogP contribution in [0.15, 0.2) is 28.8 Å². The predicted molar refractivity (Wildman–Crippen MR) is 84.3 cm³/mol. The summed E-state index contributed by atoms with van der Waals surface area (Å²) in [6.45, 7) is 4.81. The molecule has 0 aliphatic carbocycles. The first kappa shape index (κ1) is 14.0. The van der Waals surface area contributed by atoms with Crippen molar-refractivity contribution in [1.29, 1.82) is 0 Å². The Morgan fingerprint density at radius 2 is 2.09 bits per heavy atom. The second-order valence-electron chi connectivity index (χ2n) is 5.48. The fourth-order valence-corrected chi connectivity index (χ4v) is 2.77. The molecular weight excluding hydrogens is 296 g/mol. The van der Waals surface area contributed by atoms with E-state index < -0.39 is 0 Å². The number of furan rings is 1. The van der Waals surface area contributed by atoms with Crippen LogP contribution in [0.1, 0.15) is 16.2 Å². The number of aldehydes is 1. The molecule has 0 radical (unpaired) electrons. The van der Waals surface area contributed by atoms with Crippen LogP contribution in [0.5, 0.6) is 0 Å². The lowest BCUT2D eigenvalue weighted by atomic mass is 10.2. The molecule has 3 aromatic heterocycles. The number of hydrogen-bond acceptors (Lipinski definition) is 6. The van der Waals surface area contributed by atoms with Crippen molar-refractivity contribution in [2.75, 3.05) is 31.2 Å². The molecule has 0 N–H and O–H groups in total. The van der Waals surface area contributed by atoms with Gasteiger partial charge in [0.25, 0.3) is 0 Å². The van der Waals surface area contributed by atoms with Gasteiger partial charge in [-0.2, -0.15) is 5.10 Å². The van der Waals surface area contributed by atoms with Gasteiger partial charge in [-0.1, -0.05) is 0 Å². The molecule has 0 saturated carbocycles. The molecule has 1 aliphatic heterocycles. The van der Waals surface area contributed by atoms with E-state index >= 15 is 0 Å². The number of anilines is 1. The predicted octanol–water partition coefficient (Wildman–Crippen LogP) is 1.97. The largest absolute Gasteiger partial charge is 0.449 e. The Hall–Kier alpha value is -2.67. The van der Waals surface area contributed by atoms with E-state index in [1.165, 1.54) is 0 Å². The zero-order valence-electron chi connectivity index (χ0n) is 12.7. The first-order valence-corrected chi connectivity index (χ1v) is 7.50. The average molecular weight is 312 g/mol. The fourth-order valence-electron chi connectivity index (χ4n) is 2.77. The highest BCUT2D eigenvalue weighted by atomic mass is 16.5. The van der Waals surface area contributed by atoms with Gasteiger partial charge in [0, 0.05) is 31.4 Å². The maximum absolute atomic E-state index is 11.0. The van der Waals surface area contributed by atoms with E-state index in [2.05, 4.69) is 15.0 Å². The van der Waals surface area contributed by atoms with Crippen LogP contribution in [0.3, 0.4) is 0 Å². The first-order chi connectivity index (χ1) is 11.2. The van der Waals surface area contributed by atoms with Crippen LogP contribution >= 0.6 is 0 Å². The van der Waals surface area contributed by atoms with Gasteiger partial charge in [0.2, 0.25) is 0 Å². The highest BCUT2D eigenvalue weighted by Crippen LogP contribution is 2.30. The van der Waals surface area contributed by atoms with Gasteiger partial charge in [-0.25, -0.2) is 9.67 Å². The molecule has 7 heteroatoms. The molecule has 0 spiro atoms. The minimum atomic E-state index is 0.274. The minimum Gasteiger partial charge on any atom is -0.449 e. The molecule has 7 nitrogen and oxygen atoms in total. The normalized spacial score (nSPS) is 15.3. The molecule has 1 saturated heterocycles. The monoisotopic (exact) mass is 312 g/mol. The molecule has 4 rings (SSSR count). The van der Waals surface area contributed by atoms with Gasteiger partial charge in [0.05, 0.1) is 24.6 Å². The molecule has 3 aromatic rings. The highest BCUT2D eigenvalue weighted by Gasteiger charge is 2.20. The summed E-state index contributed by atoms with van der Waals surface area (Å²) in [5.74, 6) is 0.973. The van der Waals surface area contributed by atoms with Gasteiger partial charge in [0.15, 0.2) is 23.4 Å². The number of morpholine rings is 1. The zero-order valence-corrected chi connectivity index (χ0v) is 12.7. The van der Waals surface area contributed by atoms with Crippen LogP contribution in [0.4, 0.5) is 5.69 Å². The van der Waals surface area contributed by atoms with Gasteiger partial charge in [-0.05, 0) is 13.0 Å².